The molecule has 0 aliphatic heterocycles. The van der Waals surface area contributed by atoms with Gasteiger partial charge < -0.3 is 10.5 Å². The van der Waals surface area contributed by atoms with E-state index in [-0.39, 0.29) is 0 Å². The highest BCUT2D eigenvalue weighted by Gasteiger charge is 2.00. The van der Waals surface area contributed by atoms with Crippen LogP contribution in [-0.4, -0.2) is 11.1 Å². The molecule has 1 aromatic heterocycles. The van der Waals surface area contributed by atoms with E-state index in [9.17, 15) is 4.79 Å². The monoisotopic (exact) mass is 214 g/mol. The van der Waals surface area contributed by atoms with Gasteiger partial charge in [0.1, 0.15) is 5.75 Å². The molecule has 1 heterocycles. The largest absolute Gasteiger partial charge is 0.411 e. The highest BCUT2D eigenvalue weighted by molar-refractivity contribution is 5.69. The molecule has 0 saturated heterocycles. The molecule has 16 heavy (non-hydrogen) atoms. The summed E-state index contributed by atoms with van der Waals surface area (Å²) < 4.78 is 4.73. The molecule has 2 aromatic rings. The van der Waals surface area contributed by atoms with E-state index in [4.69, 9.17) is 10.5 Å². The number of hydrogen-bond acceptors (Lipinski definition) is 3. The van der Waals surface area contributed by atoms with E-state index in [0.29, 0.717) is 5.75 Å². The molecule has 0 saturated carbocycles. The van der Waals surface area contributed by atoms with Crippen LogP contribution in [0.4, 0.5) is 4.79 Å². The van der Waals surface area contributed by atoms with E-state index in [1.165, 1.54) is 0 Å². The predicted octanol–water partition coefficient (Wildman–Crippen LogP) is 2.21. The highest BCUT2D eigenvalue weighted by atomic mass is 16.5. The molecule has 0 fully saturated rings. The van der Waals surface area contributed by atoms with Crippen molar-refractivity contribution in [3.8, 4) is 16.9 Å². The molecule has 0 radical (unpaired) electrons. The van der Waals surface area contributed by atoms with E-state index in [1.807, 2.05) is 24.3 Å². The van der Waals surface area contributed by atoms with Crippen LogP contribution in [0.5, 0.6) is 5.75 Å². The molecule has 2 rings (SSSR count). The van der Waals surface area contributed by atoms with Crippen molar-refractivity contribution in [1.82, 2.24) is 4.98 Å². The Balaban J connectivity index is 2.23. The number of aromatic nitrogens is 1. The second-order valence-electron chi connectivity index (χ2n) is 3.19. The number of nitrogens with two attached hydrogens (primary N) is 1. The van der Waals surface area contributed by atoms with Crippen molar-refractivity contribution in [2.24, 2.45) is 5.73 Å². The lowest BCUT2D eigenvalue weighted by Gasteiger charge is -2.03. The van der Waals surface area contributed by atoms with Crippen molar-refractivity contribution < 1.29 is 9.53 Å². The summed E-state index contributed by atoms with van der Waals surface area (Å²) in [6.45, 7) is 0. The predicted molar refractivity (Wildman–Crippen MR) is 59.9 cm³/mol. The Bertz CT molecular complexity index is 480. The van der Waals surface area contributed by atoms with Gasteiger partial charge in [0, 0.05) is 12.4 Å². The average Bonchev–Trinajstić information content (AvgIpc) is 2.30. The van der Waals surface area contributed by atoms with Gasteiger partial charge in [-0.15, -0.1) is 0 Å². The highest BCUT2D eigenvalue weighted by Crippen LogP contribution is 2.21. The number of carbonyl (C=O) groups excluding carboxylic acids is 1. The number of hydrogen-bond donors (Lipinski definition) is 1. The van der Waals surface area contributed by atoms with Crippen molar-refractivity contribution in [2.45, 2.75) is 0 Å². The van der Waals surface area contributed by atoms with Gasteiger partial charge in [-0.05, 0) is 29.3 Å². The first-order valence-corrected chi connectivity index (χ1v) is 4.73. The van der Waals surface area contributed by atoms with E-state index >= 15 is 0 Å². The normalized spacial score (nSPS) is 9.75. The van der Waals surface area contributed by atoms with Crippen LogP contribution in [-0.2, 0) is 0 Å². The fraction of sp³-hybridized carbons (Fsp3) is 0. The smallest absolute Gasteiger partial charge is 0.409 e. The van der Waals surface area contributed by atoms with Gasteiger partial charge in [0.2, 0.25) is 0 Å². The second kappa shape index (κ2) is 4.44. The molecule has 80 valence electrons. The van der Waals surface area contributed by atoms with Crippen LogP contribution in [0.2, 0.25) is 0 Å². The van der Waals surface area contributed by atoms with Gasteiger partial charge in [-0.25, -0.2) is 4.79 Å². The minimum absolute atomic E-state index is 0.431. The number of rotatable bonds is 2. The fourth-order valence-electron chi connectivity index (χ4n) is 1.37. The fourth-order valence-corrected chi connectivity index (χ4v) is 1.37. The third-order valence-corrected chi connectivity index (χ3v) is 2.07. The second-order valence-corrected chi connectivity index (χ2v) is 3.19. The summed E-state index contributed by atoms with van der Waals surface area (Å²) in [6, 6.07) is 10.9. The number of nitrogens with zero attached hydrogens (tertiary/aromatic N) is 1. The number of pyridine rings is 1. The topological polar surface area (TPSA) is 65.2 Å². The van der Waals surface area contributed by atoms with E-state index in [0.717, 1.165) is 11.1 Å². The standard InChI is InChI=1S/C12H10N2O2/c13-12(15)16-11-5-3-9(4-6-11)10-2-1-7-14-8-10/h1-8H,(H2,13,15). The Morgan fingerprint density at radius 3 is 2.44 bits per heavy atom. The van der Waals surface area contributed by atoms with E-state index < -0.39 is 6.09 Å². The zero-order chi connectivity index (χ0) is 11.4. The molecular weight excluding hydrogens is 204 g/mol. The average molecular weight is 214 g/mol. The van der Waals surface area contributed by atoms with Crippen molar-refractivity contribution >= 4 is 6.09 Å². The molecule has 2 N–H and O–H groups in total. The van der Waals surface area contributed by atoms with Gasteiger partial charge >= 0.3 is 6.09 Å². The first-order chi connectivity index (χ1) is 7.75. The summed E-state index contributed by atoms with van der Waals surface area (Å²) in [5.74, 6) is 0.431. The Morgan fingerprint density at radius 1 is 1.12 bits per heavy atom. The molecule has 0 atom stereocenters. The van der Waals surface area contributed by atoms with Crippen molar-refractivity contribution in [3.63, 3.8) is 0 Å². The summed E-state index contributed by atoms with van der Waals surface area (Å²) in [7, 11) is 0. The first-order valence-electron chi connectivity index (χ1n) is 4.73. The first kappa shape index (κ1) is 10.2. The molecule has 0 aliphatic rings. The van der Waals surface area contributed by atoms with Gasteiger partial charge in [-0.2, -0.15) is 0 Å². The van der Waals surface area contributed by atoms with Crippen LogP contribution < -0.4 is 10.5 Å². The minimum atomic E-state index is -0.811. The van der Waals surface area contributed by atoms with Gasteiger partial charge in [-0.1, -0.05) is 18.2 Å². The number of amides is 1. The van der Waals surface area contributed by atoms with Crippen molar-refractivity contribution in [3.05, 3.63) is 48.8 Å². The third kappa shape index (κ3) is 2.36. The lowest BCUT2D eigenvalue weighted by atomic mass is 10.1. The third-order valence-electron chi connectivity index (χ3n) is 2.07. The van der Waals surface area contributed by atoms with Crippen LogP contribution in [0, 0.1) is 0 Å². The van der Waals surface area contributed by atoms with E-state index in [2.05, 4.69) is 4.98 Å². The Labute approximate surface area is 92.7 Å². The molecule has 0 unspecified atom stereocenters. The molecule has 1 aromatic carbocycles. The summed E-state index contributed by atoms with van der Waals surface area (Å²) in [5.41, 5.74) is 6.91. The summed E-state index contributed by atoms with van der Waals surface area (Å²) in [6.07, 6.45) is 2.67. The van der Waals surface area contributed by atoms with E-state index in [1.54, 1.807) is 24.5 Å². The SMILES string of the molecule is NC(=O)Oc1ccc(-c2cccnc2)cc1. The van der Waals surface area contributed by atoms with Crippen molar-refractivity contribution in [2.75, 3.05) is 0 Å². The van der Waals surface area contributed by atoms with Gasteiger partial charge in [0.05, 0.1) is 0 Å². The summed E-state index contributed by atoms with van der Waals surface area (Å²) in [5, 5.41) is 0. The molecule has 4 nitrogen and oxygen atoms in total. The molecule has 1 amide bonds. The number of carbonyl (C=O) groups is 1. The van der Waals surface area contributed by atoms with Gasteiger partial charge in [0.15, 0.2) is 0 Å². The van der Waals surface area contributed by atoms with Crippen LogP contribution in [0.25, 0.3) is 11.1 Å². The quantitative estimate of drug-likeness (QED) is 0.833. The maximum Gasteiger partial charge on any atom is 0.409 e. The zero-order valence-corrected chi connectivity index (χ0v) is 8.46. The number of primary amides is 1. The number of ether oxygens (including phenoxy) is 1. The maximum atomic E-state index is 10.5. The maximum absolute atomic E-state index is 10.5. The lowest BCUT2D eigenvalue weighted by molar-refractivity contribution is 0.211. The zero-order valence-electron chi connectivity index (χ0n) is 8.46. The van der Waals surface area contributed by atoms with Gasteiger partial charge in [-0.3, -0.25) is 4.98 Å². The molecule has 4 heteroatoms. The molecular formula is C12H10N2O2. The van der Waals surface area contributed by atoms with Crippen LogP contribution in [0.1, 0.15) is 0 Å². The van der Waals surface area contributed by atoms with Crippen molar-refractivity contribution in [1.29, 1.82) is 0 Å². The summed E-state index contributed by atoms with van der Waals surface area (Å²) >= 11 is 0. The number of benzene rings is 1. The summed E-state index contributed by atoms with van der Waals surface area (Å²) in [4.78, 5) is 14.5. The van der Waals surface area contributed by atoms with Crippen LogP contribution in [0.3, 0.4) is 0 Å². The van der Waals surface area contributed by atoms with Crippen LogP contribution >= 0.6 is 0 Å². The van der Waals surface area contributed by atoms with Gasteiger partial charge in [0.25, 0.3) is 0 Å². The molecule has 0 spiro atoms. The Kier molecular flexibility index (Phi) is 2.82. The van der Waals surface area contributed by atoms with Crippen LogP contribution in [0.15, 0.2) is 48.8 Å². The minimum Gasteiger partial charge on any atom is -0.411 e. The lowest BCUT2D eigenvalue weighted by Crippen LogP contribution is -2.16. The molecule has 0 bridgehead atoms. The Hall–Kier alpha value is -2.36. The Morgan fingerprint density at radius 2 is 1.88 bits per heavy atom. The molecule has 0 aliphatic carbocycles.